The summed E-state index contributed by atoms with van der Waals surface area (Å²) in [4.78, 5) is 21.9. The summed E-state index contributed by atoms with van der Waals surface area (Å²) < 4.78 is 2.11. The van der Waals surface area contributed by atoms with Crippen molar-refractivity contribution in [3.8, 4) is 0 Å². The highest BCUT2D eigenvalue weighted by molar-refractivity contribution is 7.25. The van der Waals surface area contributed by atoms with Gasteiger partial charge in [0.1, 0.15) is 15.9 Å². The lowest BCUT2D eigenvalue weighted by molar-refractivity contribution is 1.03. The third kappa shape index (κ3) is 1.72. The van der Waals surface area contributed by atoms with Crippen molar-refractivity contribution >= 4 is 43.7 Å². The fourth-order valence-electron chi connectivity index (χ4n) is 2.04. The van der Waals surface area contributed by atoms with Crippen LogP contribution in [0.25, 0.3) is 26.6 Å². The second-order valence-electron chi connectivity index (χ2n) is 4.01. The van der Waals surface area contributed by atoms with Gasteiger partial charge < -0.3 is 5.32 Å². The van der Waals surface area contributed by atoms with Crippen molar-refractivity contribution < 1.29 is 0 Å². The minimum atomic E-state index is -0.0619. The summed E-state index contributed by atoms with van der Waals surface area (Å²) in [6.45, 7) is 1.86. The second-order valence-corrected chi connectivity index (χ2v) is 5.01. The Morgan fingerprint density at radius 1 is 1.42 bits per heavy atom. The van der Waals surface area contributed by atoms with E-state index in [0.717, 1.165) is 15.9 Å². The van der Waals surface area contributed by atoms with E-state index >= 15 is 0 Å². The van der Waals surface area contributed by atoms with E-state index < -0.39 is 0 Å². The summed E-state index contributed by atoms with van der Waals surface area (Å²) in [6.07, 6.45) is 6.78. The van der Waals surface area contributed by atoms with Crippen molar-refractivity contribution in [2.24, 2.45) is 0 Å². The first kappa shape index (κ1) is 11.9. The van der Waals surface area contributed by atoms with Gasteiger partial charge in [0.25, 0.3) is 5.56 Å². The van der Waals surface area contributed by atoms with E-state index in [-0.39, 0.29) is 5.56 Å². The first-order chi connectivity index (χ1) is 9.26. The molecule has 96 valence electrons. The number of nitrogens with one attached hydrogen (secondary N) is 1. The predicted molar refractivity (Wildman–Crippen MR) is 79.7 cm³/mol. The molecule has 0 saturated carbocycles. The van der Waals surface area contributed by atoms with Gasteiger partial charge in [-0.2, -0.15) is 0 Å². The van der Waals surface area contributed by atoms with E-state index in [1.54, 1.807) is 24.8 Å². The Hall–Kier alpha value is -2.21. The van der Waals surface area contributed by atoms with Crippen LogP contribution in [0.4, 0.5) is 5.69 Å². The summed E-state index contributed by atoms with van der Waals surface area (Å²) in [5, 5.41) is 4.02. The maximum atomic E-state index is 12.3. The van der Waals surface area contributed by atoms with Crippen molar-refractivity contribution in [2.75, 3.05) is 12.4 Å². The van der Waals surface area contributed by atoms with Crippen LogP contribution in [0.3, 0.4) is 0 Å². The molecule has 0 aliphatic carbocycles. The van der Waals surface area contributed by atoms with Gasteiger partial charge >= 0.3 is 0 Å². The molecule has 19 heavy (non-hydrogen) atoms. The van der Waals surface area contributed by atoms with Crippen LogP contribution in [-0.4, -0.2) is 21.6 Å². The van der Waals surface area contributed by atoms with Crippen molar-refractivity contribution in [1.82, 2.24) is 14.5 Å². The molecule has 0 aliphatic heterocycles. The zero-order valence-corrected chi connectivity index (χ0v) is 11.4. The smallest absolute Gasteiger partial charge is 0.275 e. The maximum absolute atomic E-state index is 12.3. The third-order valence-electron chi connectivity index (χ3n) is 2.89. The number of anilines is 1. The minimum absolute atomic E-state index is 0.0619. The molecule has 3 heterocycles. The number of allylic oxidation sites excluding steroid dienone is 1. The van der Waals surface area contributed by atoms with Gasteiger partial charge in [0.2, 0.25) is 0 Å². The molecule has 3 aromatic rings. The van der Waals surface area contributed by atoms with Gasteiger partial charge in [-0.05, 0) is 13.0 Å². The van der Waals surface area contributed by atoms with Crippen LogP contribution in [0.15, 0.2) is 29.5 Å². The number of pyridine rings is 1. The largest absolute Gasteiger partial charge is 0.387 e. The van der Waals surface area contributed by atoms with Gasteiger partial charge in [-0.1, -0.05) is 6.08 Å². The predicted octanol–water partition coefficient (Wildman–Crippen LogP) is 2.54. The Kier molecular flexibility index (Phi) is 2.79. The number of hydrogen-bond donors (Lipinski definition) is 1. The summed E-state index contributed by atoms with van der Waals surface area (Å²) in [6, 6.07) is 1.88. The Morgan fingerprint density at radius 3 is 3.00 bits per heavy atom. The van der Waals surface area contributed by atoms with Gasteiger partial charge in [0, 0.05) is 25.1 Å². The molecule has 0 amide bonds. The fraction of sp³-hybridized carbons (Fsp3) is 0.154. The van der Waals surface area contributed by atoms with Crippen LogP contribution < -0.4 is 10.9 Å². The molecule has 1 N–H and O–H groups in total. The molecule has 0 spiro atoms. The van der Waals surface area contributed by atoms with Crippen molar-refractivity contribution in [2.45, 2.75) is 6.92 Å². The molecule has 0 saturated heterocycles. The highest BCUT2D eigenvalue weighted by Gasteiger charge is 2.14. The van der Waals surface area contributed by atoms with E-state index in [4.69, 9.17) is 0 Å². The zero-order chi connectivity index (χ0) is 13.4. The quantitative estimate of drug-likeness (QED) is 0.778. The monoisotopic (exact) mass is 272 g/mol. The molecular weight excluding hydrogens is 260 g/mol. The lowest BCUT2D eigenvalue weighted by atomic mass is 10.2. The molecule has 6 heteroatoms. The molecule has 0 fully saturated rings. The maximum Gasteiger partial charge on any atom is 0.275 e. The van der Waals surface area contributed by atoms with E-state index in [1.807, 2.05) is 20.0 Å². The fourth-order valence-corrected chi connectivity index (χ4v) is 3.10. The van der Waals surface area contributed by atoms with Gasteiger partial charge in [0.15, 0.2) is 0 Å². The summed E-state index contributed by atoms with van der Waals surface area (Å²) in [5.41, 5.74) is 1.59. The molecule has 0 aliphatic rings. The first-order valence-corrected chi connectivity index (χ1v) is 6.67. The lowest BCUT2D eigenvalue weighted by Crippen LogP contribution is -2.14. The van der Waals surface area contributed by atoms with E-state index in [1.165, 1.54) is 15.9 Å². The topological polar surface area (TPSA) is 59.8 Å². The van der Waals surface area contributed by atoms with Crippen LogP contribution in [0.5, 0.6) is 0 Å². The van der Waals surface area contributed by atoms with Crippen LogP contribution in [0.2, 0.25) is 0 Å². The number of rotatable bonds is 2. The molecule has 5 nitrogen and oxygen atoms in total. The number of aromatic nitrogens is 3. The van der Waals surface area contributed by atoms with Crippen LogP contribution >= 0.6 is 11.3 Å². The van der Waals surface area contributed by atoms with Crippen LogP contribution in [0.1, 0.15) is 6.92 Å². The SMILES string of the molecule is C/C=C/n1cnc2c(sc3nccc(NC)c32)c1=O. The van der Waals surface area contributed by atoms with Crippen LogP contribution in [0, 0.1) is 0 Å². The normalized spacial score (nSPS) is 11.7. The molecule has 0 radical (unpaired) electrons. The summed E-state index contributed by atoms with van der Waals surface area (Å²) in [5.74, 6) is 0. The van der Waals surface area contributed by atoms with Gasteiger partial charge in [-0.15, -0.1) is 11.3 Å². The highest BCUT2D eigenvalue weighted by atomic mass is 32.1. The minimum Gasteiger partial charge on any atom is -0.387 e. The Morgan fingerprint density at radius 2 is 2.26 bits per heavy atom. The third-order valence-corrected chi connectivity index (χ3v) is 3.96. The van der Waals surface area contributed by atoms with Gasteiger partial charge in [-0.3, -0.25) is 9.36 Å². The number of hydrogen-bond acceptors (Lipinski definition) is 5. The van der Waals surface area contributed by atoms with E-state index in [9.17, 15) is 4.79 Å². The number of fused-ring (bicyclic) bond motifs is 3. The molecule has 0 unspecified atom stereocenters. The van der Waals surface area contributed by atoms with Gasteiger partial charge in [0.05, 0.1) is 10.9 Å². The van der Waals surface area contributed by atoms with E-state index in [2.05, 4.69) is 15.3 Å². The van der Waals surface area contributed by atoms with E-state index in [0.29, 0.717) is 10.2 Å². The molecular formula is C13H12N4OS. The molecule has 0 aromatic carbocycles. The highest BCUT2D eigenvalue weighted by Crippen LogP contribution is 2.33. The lowest BCUT2D eigenvalue weighted by Gasteiger charge is -2.01. The average Bonchev–Trinajstić information content (AvgIpc) is 2.81. The summed E-state index contributed by atoms with van der Waals surface area (Å²) in [7, 11) is 1.85. The average molecular weight is 272 g/mol. The zero-order valence-electron chi connectivity index (χ0n) is 10.5. The molecule has 3 aromatic heterocycles. The number of thiophene rings is 1. The van der Waals surface area contributed by atoms with Crippen molar-refractivity contribution in [1.29, 1.82) is 0 Å². The van der Waals surface area contributed by atoms with Crippen LogP contribution in [-0.2, 0) is 0 Å². The van der Waals surface area contributed by atoms with Crippen molar-refractivity contribution in [3.05, 3.63) is 35.0 Å². The standard InChI is InChI=1S/C13H12N4OS/c1-3-6-17-7-16-10-9-8(14-2)4-5-15-12(9)19-11(10)13(17)18/h3-7H,1-2H3,(H,14,15)/b6-3+. The first-order valence-electron chi connectivity index (χ1n) is 5.85. The molecule has 0 bridgehead atoms. The molecule has 0 atom stereocenters. The van der Waals surface area contributed by atoms with Crippen molar-refractivity contribution in [3.63, 3.8) is 0 Å². The van der Waals surface area contributed by atoms with Gasteiger partial charge in [-0.25, -0.2) is 9.97 Å². The Bertz CT molecular complexity index is 847. The molecule has 3 rings (SSSR count). The Labute approximate surface area is 113 Å². The number of nitrogens with zero attached hydrogens (tertiary/aromatic N) is 3. The Balaban J connectivity index is 2.48. The summed E-state index contributed by atoms with van der Waals surface area (Å²) >= 11 is 1.38. The second kappa shape index (κ2) is 4.47.